The van der Waals surface area contributed by atoms with Crippen molar-refractivity contribution in [3.05, 3.63) is 69.8 Å². The molecule has 6 heteroatoms. The number of nitrogens with one attached hydrogen (secondary N) is 1. The number of hydrogen-bond donors (Lipinski definition) is 1. The van der Waals surface area contributed by atoms with E-state index in [0.717, 1.165) is 50.0 Å². The van der Waals surface area contributed by atoms with Crippen molar-refractivity contribution in [1.82, 2.24) is 14.8 Å². The van der Waals surface area contributed by atoms with Crippen LogP contribution in [0.25, 0.3) is 10.9 Å². The molecular weight excluding hydrogens is 429 g/mol. The Hall–Kier alpha value is -2.01. The van der Waals surface area contributed by atoms with Gasteiger partial charge in [-0.1, -0.05) is 48.3 Å². The molecule has 0 spiro atoms. The third-order valence-corrected chi connectivity index (χ3v) is 6.91. The van der Waals surface area contributed by atoms with Gasteiger partial charge in [-0.3, -0.25) is 9.69 Å². The van der Waals surface area contributed by atoms with Crippen LogP contribution in [0.15, 0.2) is 48.7 Å². The average Bonchev–Trinajstić information content (AvgIpc) is 3.15. The number of hydrogen-bond acceptors (Lipinski definition) is 2. The number of aromatic amines is 1. The fraction of sp³-hybridized carbons (Fsp3) is 0.400. The number of likely N-dealkylation sites (tertiary alicyclic amines) is 1. The highest BCUT2D eigenvalue weighted by atomic mass is 35.5. The van der Waals surface area contributed by atoms with Crippen molar-refractivity contribution in [2.24, 2.45) is 5.92 Å². The van der Waals surface area contributed by atoms with E-state index >= 15 is 0 Å². The molecule has 2 aromatic carbocycles. The van der Waals surface area contributed by atoms with E-state index in [2.05, 4.69) is 53.2 Å². The van der Waals surface area contributed by atoms with E-state index in [1.54, 1.807) is 6.07 Å². The molecule has 0 aliphatic carbocycles. The lowest BCUT2D eigenvalue weighted by atomic mass is 9.87. The van der Waals surface area contributed by atoms with Crippen LogP contribution in [-0.2, 0) is 17.8 Å². The van der Waals surface area contributed by atoms with Gasteiger partial charge in [-0.05, 0) is 61.7 Å². The summed E-state index contributed by atoms with van der Waals surface area (Å²) >= 11 is 12.3. The first-order valence-corrected chi connectivity index (χ1v) is 11.7. The number of fused-ring (bicyclic) bond motifs is 1. The van der Waals surface area contributed by atoms with Crippen LogP contribution in [-0.4, -0.2) is 46.9 Å². The summed E-state index contributed by atoms with van der Waals surface area (Å²) in [4.78, 5) is 21.0. The van der Waals surface area contributed by atoms with E-state index in [1.807, 2.05) is 18.2 Å². The molecule has 2 heterocycles. The molecule has 0 radical (unpaired) electrons. The Morgan fingerprint density at radius 2 is 1.90 bits per heavy atom. The van der Waals surface area contributed by atoms with Crippen LogP contribution in [0.2, 0.25) is 10.0 Å². The summed E-state index contributed by atoms with van der Waals surface area (Å²) in [5, 5.41) is 2.54. The third-order valence-electron chi connectivity index (χ3n) is 6.47. The molecule has 164 valence electrons. The van der Waals surface area contributed by atoms with E-state index in [9.17, 15) is 4.79 Å². The van der Waals surface area contributed by atoms with Crippen molar-refractivity contribution in [1.29, 1.82) is 0 Å². The zero-order valence-corrected chi connectivity index (χ0v) is 19.6. The largest absolute Gasteiger partial charge is 0.361 e. The van der Waals surface area contributed by atoms with Crippen molar-refractivity contribution in [2.75, 3.05) is 20.1 Å². The minimum absolute atomic E-state index is 0.0105. The third kappa shape index (κ3) is 4.92. The van der Waals surface area contributed by atoms with Crippen LogP contribution >= 0.6 is 23.2 Å². The summed E-state index contributed by atoms with van der Waals surface area (Å²) in [6.45, 7) is 4.40. The quantitative estimate of drug-likeness (QED) is 0.488. The van der Waals surface area contributed by atoms with Gasteiger partial charge in [0.1, 0.15) is 0 Å². The minimum atomic E-state index is 0.0105. The molecule has 4 nitrogen and oxygen atoms in total. The molecule has 31 heavy (non-hydrogen) atoms. The van der Waals surface area contributed by atoms with Gasteiger partial charge in [0.2, 0.25) is 5.91 Å². The second-order valence-corrected chi connectivity index (χ2v) is 9.37. The summed E-state index contributed by atoms with van der Waals surface area (Å²) in [7, 11) is 2.09. The molecule has 0 saturated carbocycles. The number of aromatic nitrogens is 1. The second kappa shape index (κ2) is 9.64. The fourth-order valence-corrected chi connectivity index (χ4v) is 5.47. The molecule has 1 amide bonds. The van der Waals surface area contributed by atoms with Gasteiger partial charge >= 0.3 is 0 Å². The van der Waals surface area contributed by atoms with Crippen molar-refractivity contribution < 1.29 is 4.79 Å². The molecular formula is C25H29Cl2N3O. The van der Waals surface area contributed by atoms with E-state index < -0.39 is 0 Å². The van der Waals surface area contributed by atoms with E-state index in [0.29, 0.717) is 10.0 Å². The van der Waals surface area contributed by atoms with Crippen LogP contribution in [0, 0.1) is 5.92 Å². The van der Waals surface area contributed by atoms with Crippen LogP contribution in [0.4, 0.5) is 0 Å². The minimum Gasteiger partial charge on any atom is -0.361 e. The average molecular weight is 458 g/mol. The maximum Gasteiger partial charge on any atom is 0.227 e. The Morgan fingerprint density at radius 3 is 2.65 bits per heavy atom. The highest BCUT2D eigenvalue weighted by Gasteiger charge is 2.37. The topological polar surface area (TPSA) is 39.3 Å². The number of halogens is 2. The molecule has 0 bridgehead atoms. The molecule has 1 saturated heterocycles. The summed E-state index contributed by atoms with van der Waals surface area (Å²) in [6, 6.07) is 14.2. The number of H-pyrrole nitrogens is 1. The lowest BCUT2D eigenvalue weighted by Crippen LogP contribution is -2.53. The summed E-state index contributed by atoms with van der Waals surface area (Å²) in [5.74, 6) is 0.283. The normalized spacial score (nSPS) is 19.5. The summed E-state index contributed by atoms with van der Waals surface area (Å²) in [5.41, 5.74) is 3.49. The molecule has 4 rings (SSSR count). The van der Waals surface area contributed by atoms with Crippen LogP contribution < -0.4 is 0 Å². The molecule has 3 aromatic rings. The van der Waals surface area contributed by atoms with Gasteiger partial charge in [0.15, 0.2) is 0 Å². The zero-order chi connectivity index (χ0) is 22.0. The first-order chi connectivity index (χ1) is 15.0. The monoisotopic (exact) mass is 457 g/mol. The fourth-order valence-electron chi connectivity index (χ4n) is 4.90. The van der Waals surface area contributed by atoms with Crippen molar-refractivity contribution in [2.45, 2.75) is 38.8 Å². The summed E-state index contributed by atoms with van der Waals surface area (Å²) < 4.78 is 0. The summed E-state index contributed by atoms with van der Waals surface area (Å²) in [6.07, 6.45) is 4.76. The highest BCUT2D eigenvalue weighted by molar-refractivity contribution is 6.34. The first kappa shape index (κ1) is 22.2. The van der Waals surface area contributed by atoms with E-state index in [4.69, 9.17) is 23.2 Å². The number of benzene rings is 2. The van der Waals surface area contributed by atoms with Crippen LogP contribution in [0.1, 0.15) is 30.9 Å². The van der Waals surface area contributed by atoms with Crippen molar-refractivity contribution >= 4 is 40.0 Å². The maximum absolute atomic E-state index is 13.3. The zero-order valence-electron chi connectivity index (χ0n) is 18.1. The van der Waals surface area contributed by atoms with E-state index in [-0.39, 0.29) is 17.9 Å². The van der Waals surface area contributed by atoms with Crippen LogP contribution in [0.5, 0.6) is 0 Å². The Bertz CT molecular complexity index is 1040. The Morgan fingerprint density at radius 1 is 1.16 bits per heavy atom. The molecule has 1 fully saturated rings. The second-order valence-electron chi connectivity index (χ2n) is 8.50. The van der Waals surface area contributed by atoms with Gasteiger partial charge in [-0.15, -0.1) is 0 Å². The van der Waals surface area contributed by atoms with E-state index in [1.165, 1.54) is 10.9 Å². The number of nitrogens with zero attached hydrogens (tertiary/aromatic N) is 2. The Kier molecular flexibility index (Phi) is 6.90. The predicted molar refractivity (Wildman–Crippen MR) is 129 cm³/mol. The lowest BCUT2D eigenvalue weighted by molar-refractivity contribution is -0.142. The Labute approximate surface area is 194 Å². The van der Waals surface area contributed by atoms with Crippen LogP contribution in [0.3, 0.4) is 0 Å². The standard InChI is InChI=1S/C25H29Cl2N3O/c1-3-21-24(29(2)16-17-12-19(26)14-20(27)13-17)9-11-30(25(21)31)10-8-18-15-28-23-7-5-4-6-22(18)23/h4-7,12-15,21,24,28H,3,8-11,16H2,1-2H3. The number of para-hydroxylation sites is 1. The number of carbonyl (C=O) groups excluding carboxylic acids is 1. The lowest BCUT2D eigenvalue weighted by Gasteiger charge is -2.42. The molecule has 1 aliphatic heterocycles. The van der Waals surface area contributed by atoms with Crippen molar-refractivity contribution in [3.63, 3.8) is 0 Å². The predicted octanol–water partition coefficient (Wildman–Crippen LogP) is 5.78. The van der Waals surface area contributed by atoms with Gasteiger partial charge in [0, 0.05) is 52.8 Å². The molecule has 2 unspecified atom stereocenters. The number of carbonyl (C=O) groups is 1. The van der Waals surface area contributed by atoms with Gasteiger partial charge in [-0.25, -0.2) is 0 Å². The van der Waals surface area contributed by atoms with Gasteiger partial charge in [0.25, 0.3) is 0 Å². The highest BCUT2D eigenvalue weighted by Crippen LogP contribution is 2.28. The Balaban J connectivity index is 1.40. The maximum atomic E-state index is 13.3. The SMILES string of the molecule is CCC1C(=O)N(CCc2c[nH]c3ccccc23)CCC1N(C)Cc1cc(Cl)cc(Cl)c1. The molecule has 1 N–H and O–H groups in total. The van der Waals surface area contributed by atoms with Gasteiger partial charge in [0.05, 0.1) is 5.92 Å². The number of amides is 1. The molecule has 2 atom stereocenters. The van der Waals surface area contributed by atoms with Crippen molar-refractivity contribution in [3.8, 4) is 0 Å². The van der Waals surface area contributed by atoms with Gasteiger partial charge < -0.3 is 9.88 Å². The van der Waals surface area contributed by atoms with Gasteiger partial charge in [-0.2, -0.15) is 0 Å². The number of rotatable bonds is 7. The smallest absolute Gasteiger partial charge is 0.227 e. The molecule has 1 aromatic heterocycles. The number of piperidine rings is 1. The molecule has 1 aliphatic rings. The first-order valence-electron chi connectivity index (χ1n) is 10.9.